The predicted octanol–water partition coefficient (Wildman–Crippen LogP) is 4.83. The standard InChI is InChI=1S/C21H20F3N3OS/c1-15-7-9-16(10-8-15)11-25-19(28)13-29-20-26-12-18(17-5-3-2-4-6-17)27(20)14-21(22,23)24/h2-10,12H,11,13-14H2,1H3,(H,25,28). The van der Waals surface area contributed by atoms with Crippen LogP contribution in [0.2, 0.25) is 0 Å². The van der Waals surface area contributed by atoms with E-state index in [1.165, 1.54) is 6.20 Å². The van der Waals surface area contributed by atoms with Crippen molar-refractivity contribution in [1.82, 2.24) is 14.9 Å². The summed E-state index contributed by atoms with van der Waals surface area (Å²) in [7, 11) is 0. The van der Waals surface area contributed by atoms with Gasteiger partial charge in [0.2, 0.25) is 5.91 Å². The Morgan fingerprint density at radius 2 is 1.79 bits per heavy atom. The molecule has 0 saturated heterocycles. The largest absolute Gasteiger partial charge is 0.406 e. The smallest absolute Gasteiger partial charge is 0.351 e. The average Bonchev–Trinajstić information content (AvgIpc) is 3.07. The lowest BCUT2D eigenvalue weighted by Gasteiger charge is -2.14. The number of aryl methyl sites for hydroxylation is 1. The van der Waals surface area contributed by atoms with Gasteiger partial charge >= 0.3 is 6.18 Å². The Balaban J connectivity index is 1.67. The number of alkyl halides is 3. The van der Waals surface area contributed by atoms with Gasteiger partial charge in [-0.15, -0.1) is 0 Å². The van der Waals surface area contributed by atoms with Gasteiger partial charge < -0.3 is 9.88 Å². The highest BCUT2D eigenvalue weighted by molar-refractivity contribution is 7.99. The Hall–Kier alpha value is -2.74. The van der Waals surface area contributed by atoms with Crippen LogP contribution in [0.5, 0.6) is 0 Å². The molecule has 3 aromatic rings. The molecule has 0 saturated carbocycles. The van der Waals surface area contributed by atoms with E-state index in [0.717, 1.165) is 27.5 Å². The third-order valence-corrected chi connectivity index (χ3v) is 5.16. The first-order valence-electron chi connectivity index (χ1n) is 8.94. The summed E-state index contributed by atoms with van der Waals surface area (Å²) in [5, 5.41) is 2.93. The molecule has 152 valence electrons. The van der Waals surface area contributed by atoms with E-state index in [1.54, 1.807) is 30.3 Å². The average molecular weight is 419 g/mol. The van der Waals surface area contributed by atoms with E-state index in [1.807, 2.05) is 31.2 Å². The summed E-state index contributed by atoms with van der Waals surface area (Å²) >= 11 is 0.989. The van der Waals surface area contributed by atoms with Crippen LogP contribution in [-0.4, -0.2) is 27.4 Å². The SMILES string of the molecule is Cc1ccc(CNC(=O)CSc2ncc(-c3ccccc3)n2CC(F)(F)F)cc1. The summed E-state index contributed by atoms with van der Waals surface area (Å²) in [4.78, 5) is 16.3. The first-order valence-corrected chi connectivity index (χ1v) is 9.93. The number of thioether (sulfide) groups is 1. The van der Waals surface area contributed by atoms with Crippen molar-refractivity contribution in [3.05, 3.63) is 71.9 Å². The minimum atomic E-state index is -4.40. The summed E-state index contributed by atoms with van der Waals surface area (Å²) in [6, 6.07) is 16.5. The minimum Gasteiger partial charge on any atom is -0.351 e. The second-order valence-corrected chi connectivity index (χ2v) is 7.49. The lowest BCUT2D eigenvalue weighted by Crippen LogP contribution is -2.25. The van der Waals surface area contributed by atoms with Crippen LogP contribution in [0.25, 0.3) is 11.3 Å². The number of amides is 1. The second kappa shape index (κ2) is 9.17. The summed E-state index contributed by atoms with van der Waals surface area (Å²) < 4.78 is 40.4. The van der Waals surface area contributed by atoms with Crippen LogP contribution in [0.1, 0.15) is 11.1 Å². The molecule has 1 heterocycles. The van der Waals surface area contributed by atoms with E-state index in [9.17, 15) is 18.0 Å². The third kappa shape index (κ3) is 6.12. The van der Waals surface area contributed by atoms with Gasteiger partial charge in [0, 0.05) is 6.54 Å². The Morgan fingerprint density at radius 3 is 2.45 bits per heavy atom. The Morgan fingerprint density at radius 1 is 1.10 bits per heavy atom. The number of hydrogen-bond donors (Lipinski definition) is 1. The fourth-order valence-electron chi connectivity index (χ4n) is 2.73. The molecular formula is C21H20F3N3OS. The van der Waals surface area contributed by atoms with Crippen molar-refractivity contribution in [2.45, 2.75) is 31.3 Å². The van der Waals surface area contributed by atoms with Crippen LogP contribution in [-0.2, 0) is 17.9 Å². The lowest BCUT2D eigenvalue weighted by atomic mass is 10.1. The van der Waals surface area contributed by atoms with Gasteiger partial charge in [-0.1, -0.05) is 71.9 Å². The summed E-state index contributed by atoms with van der Waals surface area (Å²) in [5.74, 6) is -0.284. The van der Waals surface area contributed by atoms with Gasteiger partial charge in [-0.05, 0) is 18.1 Å². The third-order valence-electron chi connectivity index (χ3n) is 4.17. The first kappa shape index (κ1) is 21.0. The lowest BCUT2D eigenvalue weighted by molar-refractivity contribution is -0.141. The molecule has 0 atom stereocenters. The topological polar surface area (TPSA) is 46.9 Å². The molecule has 4 nitrogen and oxygen atoms in total. The summed E-state index contributed by atoms with van der Waals surface area (Å²) in [6.45, 7) is 1.18. The second-order valence-electron chi connectivity index (χ2n) is 6.54. The number of nitrogens with zero attached hydrogens (tertiary/aromatic N) is 2. The zero-order valence-electron chi connectivity index (χ0n) is 15.7. The van der Waals surface area contributed by atoms with Crippen molar-refractivity contribution in [3.63, 3.8) is 0 Å². The molecule has 0 bridgehead atoms. The molecule has 0 aliphatic heterocycles. The van der Waals surface area contributed by atoms with Gasteiger partial charge in [0.1, 0.15) is 6.54 Å². The highest BCUT2D eigenvalue weighted by Gasteiger charge is 2.31. The van der Waals surface area contributed by atoms with Gasteiger partial charge in [0.25, 0.3) is 0 Å². The van der Waals surface area contributed by atoms with Crippen LogP contribution in [0, 0.1) is 6.92 Å². The predicted molar refractivity (Wildman–Crippen MR) is 107 cm³/mol. The van der Waals surface area contributed by atoms with Crippen molar-refractivity contribution in [3.8, 4) is 11.3 Å². The number of halogens is 3. The fraction of sp³-hybridized carbons (Fsp3) is 0.238. The van der Waals surface area contributed by atoms with Crippen molar-refractivity contribution in [2.75, 3.05) is 5.75 Å². The van der Waals surface area contributed by atoms with Crippen LogP contribution in [0.3, 0.4) is 0 Å². The summed E-state index contributed by atoms with van der Waals surface area (Å²) in [5.41, 5.74) is 3.09. The monoisotopic (exact) mass is 419 g/mol. The summed E-state index contributed by atoms with van der Waals surface area (Å²) in [6.07, 6.45) is -2.99. The maximum atomic E-state index is 13.1. The van der Waals surface area contributed by atoms with Crippen molar-refractivity contribution >= 4 is 17.7 Å². The number of carbonyl (C=O) groups is 1. The van der Waals surface area contributed by atoms with Crippen LogP contribution in [0.15, 0.2) is 66.0 Å². The van der Waals surface area contributed by atoms with Crippen molar-refractivity contribution < 1.29 is 18.0 Å². The molecule has 29 heavy (non-hydrogen) atoms. The zero-order chi connectivity index (χ0) is 20.9. The maximum absolute atomic E-state index is 13.1. The van der Waals surface area contributed by atoms with Gasteiger partial charge in [-0.25, -0.2) is 4.98 Å². The number of imidazole rings is 1. The number of aromatic nitrogens is 2. The molecule has 8 heteroatoms. The maximum Gasteiger partial charge on any atom is 0.406 e. The zero-order valence-corrected chi connectivity index (χ0v) is 16.6. The van der Waals surface area contributed by atoms with Crippen LogP contribution < -0.4 is 5.32 Å². The Labute approximate surface area is 171 Å². The molecule has 2 aromatic carbocycles. The first-order chi connectivity index (χ1) is 13.8. The van der Waals surface area contributed by atoms with E-state index in [4.69, 9.17) is 0 Å². The number of nitrogens with one attached hydrogen (secondary N) is 1. The van der Waals surface area contributed by atoms with Crippen LogP contribution in [0.4, 0.5) is 13.2 Å². The highest BCUT2D eigenvalue weighted by atomic mass is 32.2. The number of rotatable bonds is 7. The molecule has 0 unspecified atom stereocenters. The van der Waals surface area contributed by atoms with Gasteiger partial charge in [0.15, 0.2) is 5.16 Å². The van der Waals surface area contributed by atoms with Gasteiger partial charge in [0.05, 0.1) is 17.6 Å². The number of hydrogen-bond acceptors (Lipinski definition) is 3. The van der Waals surface area contributed by atoms with Gasteiger partial charge in [-0.2, -0.15) is 13.2 Å². The molecule has 1 amide bonds. The molecule has 0 spiro atoms. The van der Waals surface area contributed by atoms with E-state index in [0.29, 0.717) is 17.8 Å². The normalized spacial score (nSPS) is 11.4. The molecule has 0 aliphatic rings. The highest BCUT2D eigenvalue weighted by Crippen LogP contribution is 2.29. The number of benzene rings is 2. The van der Waals surface area contributed by atoms with E-state index in [-0.39, 0.29) is 16.8 Å². The molecule has 0 radical (unpaired) electrons. The van der Waals surface area contributed by atoms with E-state index in [2.05, 4.69) is 10.3 Å². The quantitative estimate of drug-likeness (QED) is 0.558. The molecular weight excluding hydrogens is 399 g/mol. The van der Waals surface area contributed by atoms with Crippen molar-refractivity contribution in [1.29, 1.82) is 0 Å². The molecule has 1 N–H and O–H groups in total. The molecule has 0 fully saturated rings. The van der Waals surface area contributed by atoms with Crippen LogP contribution >= 0.6 is 11.8 Å². The molecule has 3 rings (SSSR count). The van der Waals surface area contributed by atoms with E-state index < -0.39 is 12.7 Å². The molecule has 1 aromatic heterocycles. The number of carbonyl (C=O) groups excluding carboxylic acids is 1. The van der Waals surface area contributed by atoms with E-state index >= 15 is 0 Å². The fourth-order valence-corrected chi connectivity index (χ4v) is 3.54. The molecule has 0 aliphatic carbocycles. The Kier molecular flexibility index (Phi) is 6.64. The van der Waals surface area contributed by atoms with Crippen molar-refractivity contribution in [2.24, 2.45) is 0 Å². The van der Waals surface area contributed by atoms with Gasteiger partial charge in [-0.3, -0.25) is 4.79 Å². The Bertz CT molecular complexity index is 954. The minimum absolute atomic E-state index is 0.0189.